The second-order valence-electron chi connectivity index (χ2n) is 3.56. The maximum atomic E-state index is 13.6. The smallest absolute Gasteiger partial charge is 0.270 e. The minimum Gasteiger partial charge on any atom is -0.270 e. The van der Waals surface area contributed by atoms with E-state index in [0.29, 0.717) is 3.79 Å². The molecule has 0 saturated heterocycles. The molecule has 106 valence electrons. The molecular weight excluding hydrogens is 375 g/mol. The van der Waals surface area contributed by atoms with E-state index in [0.717, 1.165) is 29.5 Å². The first-order valence-electron chi connectivity index (χ1n) is 5.02. The highest BCUT2D eigenvalue weighted by Gasteiger charge is 2.25. The molecule has 1 aromatic carbocycles. The van der Waals surface area contributed by atoms with Gasteiger partial charge in [0.15, 0.2) is 11.5 Å². The monoisotopic (exact) mass is 380 g/mol. The van der Waals surface area contributed by atoms with Crippen molar-refractivity contribution >= 4 is 48.7 Å². The Kier molecular flexibility index (Phi) is 4.06. The molecule has 0 atom stereocenters. The molecule has 0 fully saturated rings. The Morgan fingerprint density at radius 3 is 2.55 bits per heavy atom. The summed E-state index contributed by atoms with van der Waals surface area (Å²) >= 11 is 4.01. The molecule has 0 unspecified atom stereocenters. The van der Waals surface area contributed by atoms with Gasteiger partial charge in [0.1, 0.15) is 4.21 Å². The number of nitro benzene ring substituents is 1. The van der Waals surface area contributed by atoms with E-state index in [4.69, 9.17) is 0 Å². The molecule has 0 saturated carbocycles. The molecule has 0 aliphatic carbocycles. The van der Waals surface area contributed by atoms with Crippen LogP contribution in [0.1, 0.15) is 0 Å². The Labute approximate surface area is 125 Å². The van der Waals surface area contributed by atoms with Gasteiger partial charge < -0.3 is 0 Å². The molecule has 0 spiro atoms. The van der Waals surface area contributed by atoms with Crippen LogP contribution in [0.25, 0.3) is 0 Å². The second kappa shape index (κ2) is 5.46. The number of thiophene rings is 1. The highest BCUT2D eigenvalue weighted by Crippen LogP contribution is 2.32. The topological polar surface area (TPSA) is 89.3 Å². The van der Waals surface area contributed by atoms with Crippen molar-refractivity contribution in [2.45, 2.75) is 4.21 Å². The van der Waals surface area contributed by atoms with Gasteiger partial charge in [-0.25, -0.2) is 12.8 Å². The van der Waals surface area contributed by atoms with Crippen molar-refractivity contribution in [3.63, 3.8) is 0 Å². The molecule has 1 heterocycles. The molecule has 1 N–H and O–H groups in total. The SMILES string of the molecule is O=[N+]([O-])c1cccc(F)c1NS(=O)(=O)c1ccc(Br)s1. The van der Waals surface area contributed by atoms with Crippen molar-refractivity contribution in [1.82, 2.24) is 0 Å². The molecule has 10 heteroatoms. The van der Waals surface area contributed by atoms with Crippen LogP contribution in [-0.4, -0.2) is 13.3 Å². The van der Waals surface area contributed by atoms with Gasteiger partial charge in [-0.1, -0.05) is 6.07 Å². The van der Waals surface area contributed by atoms with Crippen LogP contribution in [0.4, 0.5) is 15.8 Å². The first-order valence-corrected chi connectivity index (χ1v) is 8.11. The molecule has 0 amide bonds. The molecular formula is C10H6BrFN2O4S2. The van der Waals surface area contributed by atoms with Crippen molar-refractivity contribution in [3.8, 4) is 0 Å². The molecule has 0 aliphatic rings. The number of anilines is 1. The number of hydrogen-bond acceptors (Lipinski definition) is 5. The van der Waals surface area contributed by atoms with Crippen LogP contribution in [-0.2, 0) is 10.0 Å². The summed E-state index contributed by atoms with van der Waals surface area (Å²) in [4.78, 5) is 9.94. The van der Waals surface area contributed by atoms with Crippen LogP contribution in [0.3, 0.4) is 0 Å². The van der Waals surface area contributed by atoms with Gasteiger partial charge in [0.2, 0.25) is 0 Å². The van der Waals surface area contributed by atoms with E-state index in [-0.39, 0.29) is 4.21 Å². The first kappa shape index (κ1) is 14.9. The largest absolute Gasteiger partial charge is 0.296 e. The zero-order valence-electron chi connectivity index (χ0n) is 9.54. The summed E-state index contributed by atoms with van der Waals surface area (Å²) in [5, 5.41) is 10.8. The van der Waals surface area contributed by atoms with Crippen molar-refractivity contribution in [1.29, 1.82) is 0 Å². The Balaban J connectivity index is 2.47. The predicted molar refractivity (Wildman–Crippen MR) is 75.9 cm³/mol. The lowest BCUT2D eigenvalue weighted by Gasteiger charge is -2.07. The van der Waals surface area contributed by atoms with Gasteiger partial charge in [-0.3, -0.25) is 14.8 Å². The van der Waals surface area contributed by atoms with E-state index in [1.54, 1.807) is 0 Å². The zero-order valence-corrected chi connectivity index (χ0v) is 12.8. The van der Waals surface area contributed by atoms with E-state index in [9.17, 15) is 22.9 Å². The maximum Gasteiger partial charge on any atom is 0.296 e. The zero-order chi connectivity index (χ0) is 14.9. The average molecular weight is 381 g/mol. The number of halogens is 2. The number of sulfonamides is 1. The standard InChI is InChI=1S/C10H6BrFN2O4S2/c11-8-4-5-9(19-8)20(17,18)13-10-6(12)2-1-3-7(10)14(15)16/h1-5,13H. The number of para-hydroxylation sites is 1. The van der Waals surface area contributed by atoms with Gasteiger partial charge in [-0.2, -0.15) is 0 Å². The summed E-state index contributed by atoms with van der Waals surface area (Å²) < 4.78 is 40.1. The fourth-order valence-electron chi connectivity index (χ4n) is 1.39. The minimum absolute atomic E-state index is 0.0815. The van der Waals surface area contributed by atoms with Crippen molar-refractivity contribution in [3.05, 3.63) is 50.0 Å². The first-order chi connectivity index (χ1) is 9.31. The van der Waals surface area contributed by atoms with Gasteiger partial charge >= 0.3 is 0 Å². The molecule has 2 aromatic rings. The van der Waals surface area contributed by atoms with E-state index >= 15 is 0 Å². The summed E-state index contributed by atoms with van der Waals surface area (Å²) in [7, 11) is -4.08. The molecule has 20 heavy (non-hydrogen) atoms. The van der Waals surface area contributed by atoms with Crippen molar-refractivity contribution in [2.75, 3.05) is 4.72 Å². The Morgan fingerprint density at radius 2 is 2.00 bits per heavy atom. The molecule has 0 radical (unpaired) electrons. The number of nitrogens with zero attached hydrogens (tertiary/aromatic N) is 1. The number of nitrogens with one attached hydrogen (secondary N) is 1. The Bertz CT molecular complexity index is 775. The highest BCUT2D eigenvalue weighted by atomic mass is 79.9. The quantitative estimate of drug-likeness (QED) is 0.650. The maximum absolute atomic E-state index is 13.6. The summed E-state index contributed by atoms with van der Waals surface area (Å²) in [6.07, 6.45) is 0. The fourth-order valence-corrected chi connectivity index (χ4v) is 4.49. The lowest BCUT2D eigenvalue weighted by Crippen LogP contribution is -2.14. The number of hydrogen-bond donors (Lipinski definition) is 1. The summed E-state index contributed by atoms with van der Waals surface area (Å²) in [6, 6.07) is 5.91. The van der Waals surface area contributed by atoms with Gasteiger partial charge in [0.25, 0.3) is 15.7 Å². The lowest BCUT2D eigenvalue weighted by atomic mass is 10.2. The third-order valence-corrected chi connectivity index (χ3v) is 5.70. The highest BCUT2D eigenvalue weighted by molar-refractivity contribution is 9.11. The number of benzene rings is 1. The Hall–Kier alpha value is -1.52. The minimum atomic E-state index is -4.08. The van der Waals surface area contributed by atoms with Crippen LogP contribution in [0.2, 0.25) is 0 Å². The third-order valence-electron chi connectivity index (χ3n) is 2.24. The van der Waals surface area contributed by atoms with Crippen LogP contribution in [0.5, 0.6) is 0 Å². The number of rotatable bonds is 4. The normalized spacial score (nSPS) is 11.3. The van der Waals surface area contributed by atoms with Gasteiger partial charge in [0.05, 0.1) is 8.71 Å². The van der Waals surface area contributed by atoms with E-state index in [1.165, 1.54) is 12.1 Å². The van der Waals surface area contributed by atoms with Crippen molar-refractivity contribution in [2.24, 2.45) is 0 Å². The van der Waals surface area contributed by atoms with Crippen LogP contribution in [0.15, 0.2) is 38.3 Å². The van der Waals surface area contributed by atoms with E-state index in [2.05, 4.69) is 15.9 Å². The molecule has 1 aromatic heterocycles. The van der Waals surface area contributed by atoms with E-state index in [1.807, 2.05) is 4.72 Å². The molecule has 2 rings (SSSR count). The molecule has 0 aliphatic heterocycles. The Morgan fingerprint density at radius 1 is 1.30 bits per heavy atom. The van der Waals surface area contributed by atoms with E-state index < -0.39 is 32.1 Å². The predicted octanol–water partition coefficient (Wildman–Crippen LogP) is 3.36. The van der Waals surface area contributed by atoms with Crippen LogP contribution < -0.4 is 4.72 Å². The second-order valence-corrected chi connectivity index (χ2v) is 7.93. The third kappa shape index (κ3) is 2.97. The van der Waals surface area contributed by atoms with Gasteiger partial charge in [0, 0.05) is 6.07 Å². The molecule has 0 bridgehead atoms. The molecule has 6 nitrogen and oxygen atoms in total. The average Bonchev–Trinajstić information content (AvgIpc) is 2.79. The lowest BCUT2D eigenvalue weighted by molar-refractivity contribution is -0.384. The summed E-state index contributed by atoms with van der Waals surface area (Å²) in [5.74, 6) is -1.02. The van der Waals surface area contributed by atoms with Crippen molar-refractivity contribution < 1.29 is 17.7 Å². The number of nitro groups is 1. The summed E-state index contributed by atoms with van der Waals surface area (Å²) in [5.41, 5.74) is -1.33. The van der Waals surface area contributed by atoms with Crippen LogP contribution in [0, 0.1) is 15.9 Å². The van der Waals surface area contributed by atoms with Gasteiger partial charge in [-0.15, -0.1) is 11.3 Å². The summed E-state index contributed by atoms with van der Waals surface area (Å²) in [6.45, 7) is 0. The fraction of sp³-hybridized carbons (Fsp3) is 0. The van der Waals surface area contributed by atoms with Crippen LogP contribution >= 0.6 is 27.3 Å². The van der Waals surface area contributed by atoms with Gasteiger partial charge in [-0.05, 0) is 34.1 Å².